The molecule has 0 saturated carbocycles. The van der Waals surface area contributed by atoms with E-state index in [0.29, 0.717) is 0 Å². The molecule has 9 heteroatoms. The quantitative estimate of drug-likeness (QED) is 0.364. The number of carboxylic acid groups (broad SMARTS) is 1. The van der Waals surface area contributed by atoms with Gasteiger partial charge in [-0.15, -0.1) is 0 Å². The molecule has 0 saturated heterocycles. The molecule has 0 spiro atoms. The van der Waals surface area contributed by atoms with Crippen LogP contribution in [0, 0.1) is 10.1 Å². The van der Waals surface area contributed by atoms with Crippen molar-refractivity contribution in [2.45, 2.75) is 5.03 Å². The Morgan fingerprint density at radius 2 is 2.28 bits per heavy atom. The summed E-state index contributed by atoms with van der Waals surface area (Å²) in [4.78, 5) is 35.2. The predicted molar refractivity (Wildman–Crippen MR) is 60.6 cm³/mol. The molecule has 1 aromatic heterocycles. The largest absolute Gasteiger partial charge is 0.478 e. The number of carbonyl (C=O) groups is 2. The number of aromatic nitrogens is 1. The lowest BCUT2D eigenvalue weighted by molar-refractivity contribution is -0.385. The van der Waals surface area contributed by atoms with Gasteiger partial charge >= 0.3 is 11.9 Å². The van der Waals surface area contributed by atoms with Gasteiger partial charge in [-0.1, -0.05) is 11.8 Å². The van der Waals surface area contributed by atoms with Gasteiger partial charge in [0.15, 0.2) is 0 Å². The smallest absolute Gasteiger partial charge is 0.338 e. The second-order valence-corrected chi connectivity index (χ2v) is 3.94. The number of thioether (sulfide) groups is 1. The highest BCUT2D eigenvalue weighted by Gasteiger charge is 2.18. The minimum Gasteiger partial charge on any atom is -0.478 e. The first-order chi connectivity index (χ1) is 8.45. The van der Waals surface area contributed by atoms with E-state index < -0.39 is 22.5 Å². The molecule has 0 aliphatic heterocycles. The first-order valence-corrected chi connectivity index (χ1v) is 5.51. The number of ether oxygens (including phenoxy) is 1. The minimum atomic E-state index is -1.35. The molecule has 0 aliphatic carbocycles. The fourth-order valence-electron chi connectivity index (χ4n) is 0.995. The lowest BCUT2D eigenvalue weighted by Crippen LogP contribution is -2.07. The summed E-state index contributed by atoms with van der Waals surface area (Å²) in [7, 11) is 1.20. The van der Waals surface area contributed by atoms with E-state index >= 15 is 0 Å². The number of nitrogens with zero attached hydrogens (tertiary/aromatic N) is 2. The topological polar surface area (TPSA) is 120 Å². The van der Waals surface area contributed by atoms with Gasteiger partial charge in [0, 0.05) is 6.07 Å². The van der Waals surface area contributed by atoms with Crippen LogP contribution in [-0.2, 0) is 9.53 Å². The van der Waals surface area contributed by atoms with Crippen molar-refractivity contribution in [3.05, 3.63) is 27.9 Å². The van der Waals surface area contributed by atoms with Crippen LogP contribution in [0.3, 0.4) is 0 Å². The van der Waals surface area contributed by atoms with Crippen molar-refractivity contribution in [2.75, 3.05) is 12.9 Å². The van der Waals surface area contributed by atoms with Crippen molar-refractivity contribution in [2.24, 2.45) is 0 Å². The molecule has 0 aliphatic rings. The van der Waals surface area contributed by atoms with E-state index in [1.54, 1.807) is 0 Å². The highest BCUT2D eigenvalue weighted by molar-refractivity contribution is 8.00. The molecule has 1 rings (SSSR count). The molecule has 0 aromatic carbocycles. The van der Waals surface area contributed by atoms with E-state index in [-0.39, 0.29) is 16.3 Å². The van der Waals surface area contributed by atoms with Gasteiger partial charge in [-0.2, -0.15) is 0 Å². The van der Waals surface area contributed by atoms with Gasteiger partial charge in [0.05, 0.1) is 23.3 Å². The van der Waals surface area contributed by atoms with Crippen molar-refractivity contribution in [1.82, 2.24) is 4.98 Å². The molecule has 96 valence electrons. The van der Waals surface area contributed by atoms with Crippen molar-refractivity contribution < 1.29 is 24.4 Å². The average Bonchev–Trinajstić information content (AvgIpc) is 2.35. The number of aromatic carboxylic acids is 1. The van der Waals surface area contributed by atoms with Crippen LogP contribution in [-0.4, -0.2) is 39.8 Å². The number of pyridine rings is 1. The van der Waals surface area contributed by atoms with Crippen LogP contribution in [0.5, 0.6) is 0 Å². The third kappa shape index (κ3) is 3.42. The number of hydrogen-bond donors (Lipinski definition) is 1. The summed E-state index contributed by atoms with van der Waals surface area (Å²) < 4.78 is 4.39. The van der Waals surface area contributed by atoms with Crippen molar-refractivity contribution in [3.63, 3.8) is 0 Å². The van der Waals surface area contributed by atoms with Crippen LogP contribution >= 0.6 is 11.8 Å². The van der Waals surface area contributed by atoms with E-state index in [1.807, 2.05) is 0 Å². The Balaban J connectivity index is 3.00. The zero-order chi connectivity index (χ0) is 13.7. The van der Waals surface area contributed by atoms with E-state index in [2.05, 4.69) is 9.72 Å². The van der Waals surface area contributed by atoms with Gasteiger partial charge in [0.2, 0.25) is 0 Å². The SMILES string of the molecule is COC(=O)CSc1ncc([N+](=O)[O-])cc1C(=O)O. The molecule has 0 bridgehead atoms. The lowest BCUT2D eigenvalue weighted by atomic mass is 10.3. The second kappa shape index (κ2) is 5.96. The van der Waals surface area contributed by atoms with Gasteiger partial charge in [-0.3, -0.25) is 14.9 Å². The van der Waals surface area contributed by atoms with Crippen LogP contribution in [0.4, 0.5) is 5.69 Å². The monoisotopic (exact) mass is 272 g/mol. The molecule has 1 aromatic rings. The number of methoxy groups -OCH3 is 1. The Morgan fingerprint density at radius 3 is 2.78 bits per heavy atom. The molecule has 0 radical (unpaired) electrons. The third-order valence-corrected chi connectivity index (χ3v) is 2.81. The summed E-state index contributed by atoms with van der Waals surface area (Å²) in [6.45, 7) is 0. The van der Waals surface area contributed by atoms with Gasteiger partial charge in [0.25, 0.3) is 5.69 Å². The molecular weight excluding hydrogens is 264 g/mol. The maximum atomic E-state index is 10.9. The Hall–Kier alpha value is -2.16. The van der Waals surface area contributed by atoms with Crippen LogP contribution in [0.1, 0.15) is 10.4 Å². The highest BCUT2D eigenvalue weighted by Crippen LogP contribution is 2.24. The molecule has 18 heavy (non-hydrogen) atoms. The fraction of sp³-hybridized carbons (Fsp3) is 0.222. The Morgan fingerprint density at radius 1 is 1.61 bits per heavy atom. The number of nitro groups is 1. The molecular formula is C9H8N2O6S. The summed E-state index contributed by atoms with van der Waals surface area (Å²) in [5, 5.41) is 19.4. The van der Waals surface area contributed by atoms with Gasteiger partial charge < -0.3 is 9.84 Å². The lowest BCUT2D eigenvalue weighted by Gasteiger charge is -2.03. The molecule has 1 heterocycles. The van der Waals surface area contributed by atoms with E-state index in [4.69, 9.17) is 5.11 Å². The van der Waals surface area contributed by atoms with Crippen LogP contribution in [0.25, 0.3) is 0 Å². The van der Waals surface area contributed by atoms with Crippen molar-refractivity contribution >= 4 is 29.4 Å². The van der Waals surface area contributed by atoms with Crippen LogP contribution < -0.4 is 0 Å². The van der Waals surface area contributed by atoms with Crippen LogP contribution in [0.2, 0.25) is 0 Å². The van der Waals surface area contributed by atoms with Gasteiger partial charge in [-0.05, 0) is 0 Å². The number of hydrogen-bond acceptors (Lipinski definition) is 7. The van der Waals surface area contributed by atoms with E-state index in [1.165, 1.54) is 7.11 Å². The van der Waals surface area contributed by atoms with Crippen LogP contribution in [0.15, 0.2) is 17.3 Å². The van der Waals surface area contributed by atoms with Crippen molar-refractivity contribution in [3.8, 4) is 0 Å². The maximum Gasteiger partial charge on any atom is 0.338 e. The Bertz CT molecular complexity index is 504. The standard InChI is InChI=1S/C9H8N2O6S/c1-17-7(12)4-18-8-6(9(13)14)2-5(3-10-8)11(15)16/h2-3H,4H2,1H3,(H,13,14). The third-order valence-electron chi connectivity index (χ3n) is 1.83. The molecule has 0 amide bonds. The molecule has 0 atom stereocenters. The zero-order valence-corrected chi connectivity index (χ0v) is 9.97. The molecule has 8 nitrogen and oxygen atoms in total. The molecule has 1 N–H and O–H groups in total. The number of carboxylic acids is 1. The Labute approximate surface area is 105 Å². The zero-order valence-electron chi connectivity index (χ0n) is 9.15. The Kier molecular flexibility index (Phi) is 4.60. The maximum absolute atomic E-state index is 10.9. The summed E-state index contributed by atoms with van der Waals surface area (Å²) in [6.07, 6.45) is 0.937. The number of rotatable bonds is 5. The summed E-state index contributed by atoms with van der Waals surface area (Å²) in [5.74, 6) is -2.02. The average molecular weight is 272 g/mol. The van der Waals surface area contributed by atoms with Gasteiger partial charge in [-0.25, -0.2) is 9.78 Å². The molecule has 0 fully saturated rings. The second-order valence-electron chi connectivity index (χ2n) is 2.97. The number of carbonyl (C=O) groups excluding carboxylic acids is 1. The van der Waals surface area contributed by atoms with E-state index in [9.17, 15) is 19.7 Å². The summed E-state index contributed by atoms with van der Waals surface area (Å²) in [6, 6.07) is 0.898. The van der Waals surface area contributed by atoms with Crippen molar-refractivity contribution in [1.29, 1.82) is 0 Å². The first kappa shape index (κ1) is 13.9. The minimum absolute atomic E-state index is 0.0264. The highest BCUT2D eigenvalue weighted by atomic mass is 32.2. The molecule has 0 unspecified atom stereocenters. The summed E-state index contributed by atoms with van der Waals surface area (Å²) >= 11 is 0.839. The van der Waals surface area contributed by atoms with E-state index in [0.717, 1.165) is 24.0 Å². The fourth-order valence-corrected chi connectivity index (χ4v) is 1.80. The predicted octanol–water partition coefficient (Wildman–Crippen LogP) is 0.953. The first-order valence-electron chi connectivity index (χ1n) is 4.53. The van der Waals surface area contributed by atoms with Gasteiger partial charge in [0.1, 0.15) is 11.2 Å². The summed E-state index contributed by atoms with van der Waals surface area (Å²) in [5.41, 5.74) is -0.743. The normalized spacial score (nSPS) is 9.83. The number of esters is 1.